The first-order valence-electron chi connectivity index (χ1n) is 11.1. The predicted molar refractivity (Wildman–Crippen MR) is 144 cm³/mol. The van der Waals surface area contributed by atoms with Crippen LogP contribution in [0.1, 0.15) is 27.8 Å². The zero-order chi connectivity index (χ0) is 26.2. The van der Waals surface area contributed by atoms with Gasteiger partial charge >= 0.3 is 11.8 Å². The highest BCUT2D eigenvalue weighted by Crippen LogP contribution is 2.25. The van der Waals surface area contributed by atoms with Crippen molar-refractivity contribution < 1.29 is 19.1 Å². The smallest absolute Gasteiger partial charge is 0.329 e. The summed E-state index contributed by atoms with van der Waals surface area (Å²) in [5.41, 5.74) is 7.88. The van der Waals surface area contributed by atoms with E-state index in [-0.39, 0.29) is 12.5 Å². The molecule has 0 radical (unpaired) electrons. The molecule has 9 heteroatoms. The number of anilines is 2. The van der Waals surface area contributed by atoms with Crippen molar-refractivity contribution in [2.24, 2.45) is 5.10 Å². The Morgan fingerprint density at radius 3 is 2.03 bits per heavy atom. The topological polar surface area (TPSA) is 109 Å². The van der Waals surface area contributed by atoms with Gasteiger partial charge in [-0.3, -0.25) is 14.4 Å². The van der Waals surface area contributed by atoms with E-state index in [1.807, 2.05) is 58.0 Å². The summed E-state index contributed by atoms with van der Waals surface area (Å²) in [7, 11) is 0. The van der Waals surface area contributed by atoms with Gasteiger partial charge in [0, 0.05) is 15.8 Å². The minimum absolute atomic E-state index is 0.145. The lowest BCUT2D eigenvalue weighted by Gasteiger charge is -2.13. The first-order valence-corrected chi connectivity index (χ1v) is 11.9. The summed E-state index contributed by atoms with van der Waals surface area (Å²) < 4.78 is 6.51. The molecule has 0 aliphatic rings. The fourth-order valence-electron chi connectivity index (χ4n) is 3.48. The summed E-state index contributed by atoms with van der Waals surface area (Å²) in [6.07, 6.45) is 1.40. The van der Waals surface area contributed by atoms with Crippen LogP contribution in [0.3, 0.4) is 0 Å². The second-order valence-electron chi connectivity index (χ2n) is 8.24. The number of nitrogens with zero attached hydrogens (tertiary/aromatic N) is 1. The Kier molecular flexibility index (Phi) is 8.97. The molecule has 0 aromatic heterocycles. The Bertz CT molecular complexity index is 1280. The summed E-state index contributed by atoms with van der Waals surface area (Å²) in [4.78, 5) is 36.5. The summed E-state index contributed by atoms with van der Waals surface area (Å²) in [6, 6.07) is 16.2. The lowest BCUT2D eigenvalue weighted by atomic mass is 10.1. The largest absolute Gasteiger partial charge is 0.484 e. The molecule has 3 N–H and O–H groups in total. The Morgan fingerprint density at radius 2 is 1.42 bits per heavy atom. The summed E-state index contributed by atoms with van der Waals surface area (Å²) in [6.45, 7) is 7.41. The maximum atomic E-state index is 12.3. The number of rotatable bonds is 7. The number of aryl methyl sites for hydroxylation is 4. The van der Waals surface area contributed by atoms with Crippen LogP contribution in [-0.4, -0.2) is 30.5 Å². The Hall–Kier alpha value is -3.98. The van der Waals surface area contributed by atoms with Crippen LogP contribution in [-0.2, 0) is 14.4 Å². The SMILES string of the molecule is Cc1cc(Br)cc(C)c1NC(=O)COc1ccc(/C=N\NC(=O)C(=O)Nc2c(C)cccc2C)cc1. The third-order valence-electron chi connectivity index (χ3n) is 5.32. The molecule has 0 heterocycles. The highest BCUT2D eigenvalue weighted by Gasteiger charge is 2.15. The van der Waals surface area contributed by atoms with Crippen molar-refractivity contribution in [1.29, 1.82) is 0 Å². The molecular formula is C27H27BrN4O4. The highest BCUT2D eigenvalue weighted by molar-refractivity contribution is 9.10. The van der Waals surface area contributed by atoms with Crippen molar-refractivity contribution in [1.82, 2.24) is 5.43 Å². The average Bonchev–Trinajstić information content (AvgIpc) is 2.83. The van der Waals surface area contributed by atoms with Crippen molar-refractivity contribution in [3.8, 4) is 5.75 Å². The van der Waals surface area contributed by atoms with Gasteiger partial charge in [-0.05, 0) is 91.9 Å². The van der Waals surface area contributed by atoms with Crippen molar-refractivity contribution in [3.05, 3.63) is 86.9 Å². The maximum Gasteiger partial charge on any atom is 0.329 e. The fraction of sp³-hybridized carbons (Fsp3) is 0.185. The van der Waals surface area contributed by atoms with Gasteiger partial charge in [-0.2, -0.15) is 5.10 Å². The second-order valence-corrected chi connectivity index (χ2v) is 9.16. The second kappa shape index (κ2) is 12.1. The third kappa shape index (κ3) is 7.26. The van der Waals surface area contributed by atoms with Gasteiger partial charge < -0.3 is 15.4 Å². The monoisotopic (exact) mass is 550 g/mol. The third-order valence-corrected chi connectivity index (χ3v) is 5.78. The summed E-state index contributed by atoms with van der Waals surface area (Å²) in [5.74, 6) is -1.45. The minimum atomic E-state index is -0.879. The number of carbonyl (C=O) groups excluding carboxylic acids is 3. The molecule has 0 saturated heterocycles. The van der Waals surface area contributed by atoms with Gasteiger partial charge in [-0.15, -0.1) is 0 Å². The van der Waals surface area contributed by atoms with Gasteiger partial charge in [0.05, 0.1) is 6.21 Å². The Morgan fingerprint density at radius 1 is 0.833 bits per heavy atom. The molecular weight excluding hydrogens is 524 g/mol. The van der Waals surface area contributed by atoms with E-state index < -0.39 is 11.8 Å². The molecule has 0 bridgehead atoms. The zero-order valence-electron chi connectivity index (χ0n) is 20.4. The molecule has 0 atom stereocenters. The van der Waals surface area contributed by atoms with Crippen molar-refractivity contribution in [3.63, 3.8) is 0 Å². The standard InChI is InChI=1S/C27H27BrN4O4/c1-16-6-5-7-17(2)24(16)31-26(34)27(35)32-29-14-20-8-10-22(11-9-20)36-15-23(33)30-25-18(3)12-21(28)13-19(25)4/h5-14H,15H2,1-4H3,(H,30,33)(H,31,34)(H,32,35)/b29-14-. The van der Waals surface area contributed by atoms with Crippen LogP contribution in [0.2, 0.25) is 0 Å². The van der Waals surface area contributed by atoms with E-state index in [9.17, 15) is 14.4 Å². The van der Waals surface area contributed by atoms with E-state index in [1.54, 1.807) is 24.3 Å². The number of amides is 3. The molecule has 36 heavy (non-hydrogen) atoms. The minimum Gasteiger partial charge on any atom is -0.484 e. The van der Waals surface area contributed by atoms with Crippen LogP contribution >= 0.6 is 15.9 Å². The van der Waals surface area contributed by atoms with Gasteiger partial charge in [0.15, 0.2) is 6.61 Å². The molecule has 0 unspecified atom stereocenters. The molecule has 3 amide bonds. The van der Waals surface area contributed by atoms with Crippen LogP contribution in [0.5, 0.6) is 5.75 Å². The number of carbonyl (C=O) groups is 3. The molecule has 3 aromatic rings. The van der Waals surface area contributed by atoms with Crippen LogP contribution < -0.4 is 20.8 Å². The zero-order valence-corrected chi connectivity index (χ0v) is 22.0. The molecule has 0 fully saturated rings. The molecule has 3 aromatic carbocycles. The fourth-order valence-corrected chi connectivity index (χ4v) is 4.17. The molecule has 0 aliphatic heterocycles. The van der Waals surface area contributed by atoms with E-state index in [4.69, 9.17) is 4.74 Å². The normalized spacial score (nSPS) is 10.7. The van der Waals surface area contributed by atoms with Crippen LogP contribution in [0, 0.1) is 27.7 Å². The van der Waals surface area contributed by atoms with Gasteiger partial charge in [0.2, 0.25) is 0 Å². The number of nitrogens with one attached hydrogen (secondary N) is 3. The van der Waals surface area contributed by atoms with Gasteiger partial charge in [-0.25, -0.2) is 5.43 Å². The molecule has 0 aliphatic carbocycles. The average molecular weight is 551 g/mol. The van der Waals surface area contributed by atoms with Crippen LogP contribution in [0.15, 0.2) is 64.2 Å². The lowest BCUT2D eigenvalue weighted by Crippen LogP contribution is -2.32. The number of benzene rings is 3. The summed E-state index contributed by atoms with van der Waals surface area (Å²) in [5, 5.41) is 9.31. The van der Waals surface area contributed by atoms with Gasteiger partial charge in [0.1, 0.15) is 5.75 Å². The molecule has 8 nitrogen and oxygen atoms in total. The number of hydrazone groups is 1. The van der Waals surface area contributed by atoms with Crippen molar-refractivity contribution >= 4 is 51.2 Å². The Labute approximate surface area is 218 Å². The number of para-hydroxylation sites is 1. The number of hydrogen-bond acceptors (Lipinski definition) is 5. The molecule has 186 valence electrons. The van der Waals surface area contributed by atoms with Gasteiger partial charge in [-0.1, -0.05) is 34.1 Å². The lowest BCUT2D eigenvalue weighted by molar-refractivity contribution is -0.136. The van der Waals surface area contributed by atoms with E-state index in [1.165, 1.54) is 6.21 Å². The van der Waals surface area contributed by atoms with E-state index in [0.717, 1.165) is 32.4 Å². The quantitative estimate of drug-likeness (QED) is 0.223. The van der Waals surface area contributed by atoms with E-state index in [0.29, 0.717) is 17.0 Å². The first-order chi connectivity index (χ1) is 17.1. The van der Waals surface area contributed by atoms with E-state index >= 15 is 0 Å². The van der Waals surface area contributed by atoms with E-state index in [2.05, 4.69) is 37.1 Å². The predicted octanol–water partition coefficient (Wildman–Crippen LogP) is 4.79. The van der Waals surface area contributed by atoms with Crippen LogP contribution in [0.25, 0.3) is 0 Å². The van der Waals surface area contributed by atoms with Crippen molar-refractivity contribution in [2.75, 3.05) is 17.2 Å². The van der Waals surface area contributed by atoms with Gasteiger partial charge in [0.25, 0.3) is 5.91 Å². The van der Waals surface area contributed by atoms with Crippen molar-refractivity contribution in [2.45, 2.75) is 27.7 Å². The number of hydrogen-bond donors (Lipinski definition) is 3. The summed E-state index contributed by atoms with van der Waals surface area (Å²) >= 11 is 3.44. The number of halogens is 1. The molecule has 0 saturated carbocycles. The maximum absolute atomic E-state index is 12.3. The Balaban J connectivity index is 1.48. The molecule has 0 spiro atoms. The first kappa shape index (κ1) is 26.6. The highest BCUT2D eigenvalue weighted by atomic mass is 79.9. The molecule has 3 rings (SSSR count). The van der Waals surface area contributed by atoms with Crippen LogP contribution in [0.4, 0.5) is 11.4 Å². The number of ether oxygens (including phenoxy) is 1.